The van der Waals surface area contributed by atoms with Gasteiger partial charge in [-0.25, -0.2) is 14.1 Å². The van der Waals surface area contributed by atoms with E-state index in [1.807, 2.05) is 11.6 Å². The molecule has 0 saturated carbocycles. The molecule has 1 atom stereocenters. The van der Waals surface area contributed by atoms with Crippen molar-refractivity contribution in [3.8, 4) is 0 Å². The van der Waals surface area contributed by atoms with Gasteiger partial charge in [-0.3, -0.25) is 0 Å². The van der Waals surface area contributed by atoms with Crippen molar-refractivity contribution in [2.24, 2.45) is 0 Å². The van der Waals surface area contributed by atoms with Crippen molar-refractivity contribution in [2.75, 3.05) is 31.3 Å². The van der Waals surface area contributed by atoms with Gasteiger partial charge in [0.05, 0.1) is 47.2 Å². The third-order valence-electron chi connectivity index (χ3n) is 3.32. The summed E-state index contributed by atoms with van der Waals surface area (Å²) >= 11 is 9.46. The maximum absolute atomic E-state index is 13.7. The fourth-order valence-corrected chi connectivity index (χ4v) is 2.86. The lowest BCUT2D eigenvalue weighted by Gasteiger charge is -2.31. The first-order valence-electron chi connectivity index (χ1n) is 6.42. The minimum absolute atomic E-state index is 0.257. The Hall–Kier alpha value is -0.850. The molecule has 1 fully saturated rings. The number of morpholine rings is 1. The molecule has 1 aromatic carbocycles. The van der Waals surface area contributed by atoms with Gasteiger partial charge in [0, 0.05) is 6.07 Å². The number of aromatic nitrogens is 2. The highest BCUT2D eigenvalue weighted by atomic mass is 79.9. The van der Waals surface area contributed by atoms with Gasteiger partial charge >= 0.3 is 0 Å². The highest BCUT2D eigenvalue weighted by molar-refractivity contribution is 9.10. The lowest BCUT2D eigenvalue weighted by molar-refractivity contribution is 0.111. The Labute approximate surface area is 129 Å². The molecule has 0 N–H and O–H groups in total. The minimum atomic E-state index is -0.321. The average molecular weight is 363 g/mol. The summed E-state index contributed by atoms with van der Waals surface area (Å²) in [5.41, 5.74) is 1.46. The zero-order chi connectivity index (χ0) is 14.3. The van der Waals surface area contributed by atoms with Crippen molar-refractivity contribution in [1.29, 1.82) is 0 Å². The normalized spacial score (nSPS) is 17.7. The molecule has 1 aliphatic rings. The summed E-state index contributed by atoms with van der Waals surface area (Å²) in [6, 6.07) is 3.18. The number of nitrogens with zero attached hydrogens (tertiary/aromatic N) is 3. The second-order valence-electron chi connectivity index (χ2n) is 4.72. The number of benzene rings is 1. The van der Waals surface area contributed by atoms with E-state index in [1.165, 1.54) is 6.07 Å². The Morgan fingerprint density at radius 2 is 2.10 bits per heavy atom. The van der Waals surface area contributed by atoms with Gasteiger partial charge in [-0.15, -0.1) is 11.6 Å². The highest BCUT2D eigenvalue weighted by Crippen LogP contribution is 2.28. The minimum Gasteiger partial charge on any atom is -0.378 e. The summed E-state index contributed by atoms with van der Waals surface area (Å²) < 4.78 is 21.5. The summed E-state index contributed by atoms with van der Waals surface area (Å²) in [5, 5.41) is 1.88. The summed E-state index contributed by atoms with van der Waals surface area (Å²) in [5.74, 6) is 0.402. The summed E-state index contributed by atoms with van der Waals surface area (Å²) in [6.07, 6.45) is 0. The largest absolute Gasteiger partial charge is 0.378 e. The molecule has 2 aromatic rings. The molecule has 4 nitrogen and oxygen atoms in total. The molecule has 20 heavy (non-hydrogen) atoms. The molecule has 1 saturated heterocycles. The highest BCUT2D eigenvalue weighted by Gasteiger charge is 2.22. The van der Waals surface area contributed by atoms with Crippen LogP contribution < -0.4 is 5.01 Å². The van der Waals surface area contributed by atoms with E-state index in [1.54, 1.807) is 6.07 Å². The van der Waals surface area contributed by atoms with Crippen LogP contribution in [-0.2, 0) is 4.74 Å². The number of imidazole rings is 1. The molecular weight excluding hydrogens is 349 g/mol. The molecule has 3 rings (SSSR count). The second kappa shape index (κ2) is 5.50. The van der Waals surface area contributed by atoms with Crippen LogP contribution in [0.5, 0.6) is 0 Å². The lowest BCUT2D eigenvalue weighted by Crippen LogP contribution is -2.44. The third kappa shape index (κ3) is 2.40. The average Bonchev–Trinajstić information content (AvgIpc) is 2.79. The molecule has 0 radical (unpaired) electrons. The van der Waals surface area contributed by atoms with Crippen molar-refractivity contribution in [1.82, 2.24) is 9.66 Å². The first kappa shape index (κ1) is 14.1. The molecule has 1 aromatic heterocycles. The molecule has 108 valence electrons. The van der Waals surface area contributed by atoms with Crippen LogP contribution in [0.1, 0.15) is 18.1 Å². The van der Waals surface area contributed by atoms with Gasteiger partial charge in [-0.05, 0) is 28.9 Å². The van der Waals surface area contributed by atoms with Crippen LogP contribution in [0.15, 0.2) is 16.6 Å². The Morgan fingerprint density at radius 1 is 1.40 bits per heavy atom. The topological polar surface area (TPSA) is 30.3 Å². The van der Waals surface area contributed by atoms with Gasteiger partial charge in [-0.2, -0.15) is 0 Å². The van der Waals surface area contributed by atoms with E-state index >= 15 is 0 Å². The molecule has 1 aliphatic heterocycles. The third-order valence-corrected chi connectivity index (χ3v) is 4.13. The molecule has 0 aliphatic carbocycles. The molecule has 2 heterocycles. The number of fused-ring (bicyclic) bond motifs is 1. The van der Waals surface area contributed by atoms with E-state index in [0.29, 0.717) is 23.2 Å². The van der Waals surface area contributed by atoms with Gasteiger partial charge < -0.3 is 9.75 Å². The quantitative estimate of drug-likeness (QED) is 0.769. The van der Waals surface area contributed by atoms with Crippen LogP contribution in [0.4, 0.5) is 4.39 Å². The summed E-state index contributed by atoms with van der Waals surface area (Å²) in [7, 11) is 0. The molecule has 0 spiro atoms. The van der Waals surface area contributed by atoms with E-state index in [-0.39, 0.29) is 11.2 Å². The van der Waals surface area contributed by atoms with Gasteiger partial charge in [0.15, 0.2) is 0 Å². The number of ether oxygens (including phenoxy) is 1. The zero-order valence-electron chi connectivity index (χ0n) is 10.9. The van der Waals surface area contributed by atoms with E-state index in [0.717, 1.165) is 24.4 Å². The first-order valence-corrected chi connectivity index (χ1v) is 7.65. The Morgan fingerprint density at radius 3 is 2.75 bits per heavy atom. The monoisotopic (exact) mass is 361 g/mol. The SMILES string of the molecule is CC(Cl)c1nc2cc(F)c(Br)cc2n1N1CCOCC1. The number of hydrogen-bond donors (Lipinski definition) is 0. The Bertz CT molecular complexity index is 640. The van der Waals surface area contributed by atoms with Crippen LogP contribution in [0.25, 0.3) is 11.0 Å². The van der Waals surface area contributed by atoms with E-state index in [9.17, 15) is 4.39 Å². The van der Waals surface area contributed by atoms with Crippen molar-refractivity contribution >= 4 is 38.6 Å². The fraction of sp³-hybridized carbons (Fsp3) is 0.462. The van der Waals surface area contributed by atoms with Crippen LogP contribution in [0, 0.1) is 5.82 Å². The van der Waals surface area contributed by atoms with E-state index < -0.39 is 0 Å². The summed E-state index contributed by atoms with van der Waals surface area (Å²) in [6.45, 7) is 4.72. The number of hydrogen-bond acceptors (Lipinski definition) is 3. The Balaban J connectivity index is 2.20. The molecule has 1 unspecified atom stereocenters. The van der Waals surface area contributed by atoms with Crippen molar-refractivity contribution in [3.05, 3.63) is 28.2 Å². The van der Waals surface area contributed by atoms with Gasteiger partial charge in [0.1, 0.15) is 11.6 Å². The van der Waals surface area contributed by atoms with Gasteiger partial charge in [-0.1, -0.05) is 0 Å². The van der Waals surface area contributed by atoms with E-state index in [2.05, 4.69) is 25.9 Å². The maximum Gasteiger partial charge on any atom is 0.146 e. The van der Waals surface area contributed by atoms with Gasteiger partial charge in [0.25, 0.3) is 0 Å². The Kier molecular flexibility index (Phi) is 3.88. The molecule has 7 heteroatoms. The standard InChI is InChI=1S/C13H14BrClFN3O/c1-8(15)13-17-11-7-10(16)9(14)6-12(11)19(13)18-2-4-20-5-3-18/h6-8H,2-5H2,1H3. The smallest absolute Gasteiger partial charge is 0.146 e. The van der Waals surface area contributed by atoms with Crippen molar-refractivity contribution < 1.29 is 9.13 Å². The molecular formula is C13H14BrClFN3O. The number of rotatable bonds is 2. The van der Waals surface area contributed by atoms with Crippen LogP contribution in [0.2, 0.25) is 0 Å². The predicted octanol–water partition coefficient (Wildman–Crippen LogP) is 3.21. The molecule has 0 amide bonds. The van der Waals surface area contributed by atoms with Gasteiger partial charge in [0.2, 0.25) is 0 Å². The van der Waals surface area contributed by atoms with Crippen LogP contribution in [0.3, 0.4) is 0 Å². The zero-order valence-corrected chi connectivity index (χ0v) is 13.3. The van der Waals surface area contributed by atoms with Crippen LogP contribution >= 0.6 is 27.5 Å². The summed E-state index contributed by atoms with van der Waals surface area (Å²) in [4.78, 5) is 4.48. The lowest BCUT2D eigenvalue weighted by atomic mass is 10.3. The first-order chi connectivity index (χ1) is 9.58. The van der Waals surface area contributed by atoms with Crippen molar-refractivity contribution in [2.45, 2.75) is 12.3 Å². The second-order valence-corrected chi connectivity index (χ2v) is 6.23. The maximum atomic E-state index is 13.7. The van der Waals surface area contributed by atoms with Crippen LogP contribution in [-0.4, -0.2) is 36.0 Å². The van der Waals surface area contributed by atoms with Crippen molar-refractivity contribution in [3.63, 3.8) is 0 Å². The van der Waals surface area contributed by atoms with E-state index in [4.69, 9.17) is 16.3 Å². The molecule has 0 bridgehead atoms. The number of alkyl halides is 1. The number of halogens is 3. The predicted molar refractivity (Wildman–Crippen MR) is 80.4 cm³/mol. The fourth-order valence-electron chi connectivity index (χ4n) is 2.39.